The number of aryl methyl sites for hydroxylation is 1. The van der Waals surface area contributed by atoms with Crippen LogP contribution in [0.2, 0.25) is 5.02 Å². The molecule has 0 aliphatic rings. The number of halogens is 1. The molecule has 0 amide bonds. The first kappa shape index (κ1) is 14.0. The van der Waals surface area contributed by atoms with Gasteiger partial charge in [-0.2, -0.15) is 0 Å². The molecule has 2 N–H and O–H groups in total. The zero-order valence-electron chi connectivity index (χ0n) is 9.68. The van der Waals surface area contributed by atoms with Gasteiger partial charge in [0.05, 0.1) is 19.6 Å². The molecule has 1 aromatic rings. The van der Waals surface area contributed by atoms with Gasteiger partial charge in [0.2, 0.25) is 0 Å². The van der Waals surface area contributed by atoms with Gasteiger partial charge in [-0.3, -0.25) is 4.79 Å². The van der Waals surface area contributed by atoms with Gasteiger partial charge in [-0.25, -0.2) is 0 Å². The average Bonchev–Trinajstić information content (AvgIpc) is 2.31. The van der Waals surface area contributed by atoms with Crippen LogP contribution in [0.5, 0.6) is 0 Å². The molecule has 1 rings (SSSR count). The smallest absolute Gasteiger partial charge is 0.308 e. The summed E-state index contributed by atoms with van der Waals surface area (Å²) in [6.07, 6.45) is -2.63. The minimum atomic E-state index is -1.21. The fourth-order valence-electron chi connectivity index (χ4n) is 1.38. The van der Waals surface area contributed by atoms with Crippen LogP contribution in [0.3, 0.4) is 0 Å². The Morgan fingerprint density at radius 1 is 1.47 bits per heavy atom. The maximum Gasteiger partial charge on any atom is 0.308 e. The molecule has 0 spiro atoms. The topological polar surface area (TPSA) is 66.8 Å². The van der Waals surface area contributed by atoms with Crippen LogP contribution in [0.4, 0.5) is 0 Å². The number of hydrogen-bond donors (Lipinski definition) is 2. The Bertz CT molecular complexity index is 405. The predicted molar refractivity (Wildman–Crippen MR) is 63.8 cm³/mol. The van der Waals surface area contributed by atoms with E-state index in [1.165, 1.54) is 7.11 Å². The lowest BCUT2D eigenvalue weighted by Gasteiger charge is -2.17. The van der Waals surface area contributed by atoms with Gasteiger partial charge in [-0.1, -0.05) is 23.7 Å². The van der Waals surface area contributed by atoms with Crippen LogP contribution in [-0.4, -0.2) is 29.4 Å². The fourth-order valence-corrected chi connectivity index (χ4v) is 1.57. The van der Waals surface area contributed by atoms with Gasteiger partial charge in [-0.15, -0.1) is 0 Å². The summed E-state index contributed by atoms with van der Waals surface area (Å²) >= 11 is 5.91. The van der Waals surface area contributed by atoms with Crippen molar-refractivity contribution in [2.24, 2.45) is 0 Å². The standard InChI is InChI=1S/C12H15ClO4/c1-7-3-4-8(5-9(7)13)12(16)10(14)6-11(15)17-2/h3-5,10,12,14,16H,6H2,1-2H3. The van der Waals surface area contributed by atoms with E-state index >= 15 is 0 Å². The van der Waals surface area contributed by atoms with E-state index in [4.69, 9.17) is 11.6 Å². The molecule has 0 heterocycles. The normalized spacial score (nSPS) is 14.2. The average molecular weight is 259 g/mol. The molecule has 0 aliphatic carbocycles. The number of aliphatic hydroxyl groups is 2. The monoisotopic (exact) mass is 258 g/mol. The second-order valence-corrected chi connectivity index (χ2v) is 4.21. The molecule has 2 atom stereocenters. The van der Waals surface area contributed by atoms with Crippen molar-refractivity contribution in [2.45, 2.75) is 25.6 Å². The molecule has 5 heteroatoms. The van der Waals surface area contributed by atoms with Crippen molar-refractivity contribution in [1.82, 2.24) is 0 Å². The molecule has 0 saturated heterocycles. The number of hydrogen-bond acceptors (Lipinski definition) is 4. The maximum absolute atomic E-state index is 11.0. The van der Waals surface area contributed by atoms with E-state index in [0.717, 1.165) is 5.56 Å². The second kappa shape index (κ2) is 6.00. The minimum Gasteiger partial charge on any atom is -0.469 e. The molecular weight excluding hydrogens is 244 g/mol. The number of methoxy groups -OCH3 is 1. The minimum absolute atomic E-state index is 0.261. The summed E-state index contributed by atoms with van der Waals surface area (Å²) in [4.78, 5) is 11.0. The van der Waals surface area contributed by atoms with E-state index in [1.54, 1.807) is 18.2 Å². The van der Waals surface area contributed by atoms with Gasteiger partial charge in [0, 0.05) is 5.02 Å². The Labute approximate surface area is 105 Å². The van der Waals surface area contributed by atoms with Crippen molar-refractivity contribution in [3.63, 3.8) is 0 Å². The molecule has 0 aromatic heterocycles. The number of carbonyl (C=O) groups excluding carboxylic acids is 1. The lowest BCUT2D eigenvalue weighted by atomic mass is 10.0. The van der Waals surface area contributed by atoms with E-state index in [9.17, 15) is 15.0 Å². The summed E-state index contributed by atoms with van der Waals surface area (Å²) in [6, 6.07) is 4.97. The first-order valence-electron chi connectivity index (χ1n) is 5.14. The van der Waals surface area contributed by atoms with Crippen molar-refractivity contribution in [3.05, 3.63) is 34.3 Å². The van der Waals surface area contributed by atoms with E-state index in [2.05, 4.69) is 4.74 Å². The van der Waals surface area contributed by atoms with Crippen LogP contribution in [0.1, 0.15) is 23.7 Å². The molecule has 0 aliphatic heterocycles. The number of aliphatic hydroxyl groups excluding tert-OH is 2. The van der Waals surface area contributed by atoms with Crippen LogP contribution < -0.4 is 0 Å². The molecule has 4 nitrogen and oxygen atoms in total. The molecule has 2 unspecified atom stereocenters. The van der Waals surface area contributed by atoms with Crippen molar-refractivity contribution in [1.29, 1.82) is 0 Å². The molecule has 0 bridgehead atoms. The third-order valence-electron chi connectivity index (χ3n) is 2.51. The Balaban J connectivity index is 2.77. The van der Waals surface area contributed by atoms with Gasteiger partial charge in [0.25, 0.3) is 0 Å². The van der Waals surface area contributed by atoms with E-state index in [1.807, 2.05) is 6.92 Å². The Morgan fingerprint density at radius 3 is 2.65 bits per heavy atom. The Kier molecular flexibility index (Phi) is 4.93. The lowest BCUT2D eigenvalue weighted by molar-refractivity contribution is -0.144. The molecule has 0 saturated carbocycles. The SMILES string of the molecule is COC(=O)CC(O)C(O)c1ccc(C)c(Cl)c1. The van der Waals surface area contributed by atoms with Gasteiger partial charge >= 0.3 is 5.97 Å². The third-order valence-corrected chi connectivity index (χ3v) is 2.91. The van der Waals surface area contributed by atoms with Crippen molar-refractivity contribution in [3.8, 4) is 0 Å². The molecule has 0 fully saturated rings. The van der Waals surface area contributed by atoms with Crippen molar-refractivity contribution in [2.75, 3.05) is 7.11 Å². The van der Waals surface area contributed by atoms with Gasteiger partial charge in [0.15, 0.2) is 0 Å². The van der Waals surface area contributed by atoms with Crippen LogP contribution in [0.25, 0.3) is 0 Å². The van der Waals surface area contributed by atoms with Crippen LogP contribution in [0.15, 0.2) is 18.2 Å². The van der Waals surface area contributed by atoms with Crippen LogP contribution in [0, 0.1) is 6.92 Å². The molecule has 1 aromatic carbocycles. The summed E-state index contributed by atoms with van der Waals surface area (Å²) in [5.41, 5.74) is 1.35. The largest absolute Gasteiger partial charge is 0.469 e. The Morgan fingerprint density at radius 2 is 2.12 bits per heavy atom. The summed E-state index contributed by atoms with van der Waals surface area (Å²) in [6.45, 7) is 1.84. The van der Waals surface area contributed by atoms with E-state index < -0.39 is 18.2 Å². The van der Waals surface area contributed by atoms with Crippen LogP contribution in [-0.2, 0) is 9.53 Å². The second-order valence-electron chi connectivity index (χ2n) is 3.80. The van der Waals surface area contributed by atoms with Crippen LogP contribution >= 0.6 is 11.6 Å². The zero-order chi connectivity index (χ0) is 13.0. The highest BCUT2D eigenvalue weighted by Crippen LogP contribution is 2.24. The highest BCUT2D eigenvalue weighted by Gasteiger charge is 2.22. The summed E-state index contributed by atoms with van der Waals surface area (Å²) in [7, 11) is 1.23. The molecule has 17 heavy (non-hydrogen) atoms. The Hall–Kier alpha value is -1.10. The third kappa shape index (κ3) is 3.70. The van der Waals surface area contributed by atoms with E-state index in [-0.39, 0.29) is 6.42 Å². The molecular formula is C12H15ClO4. The fraction of sp³-hybridized carbons (Fsp3) is 0.417. The first-order chi connectivity index (χ1) is 7.95. The van der Waals surface area contributed by atoms with Crippen molar-refractivity contribution < 1.29 is 19.7 Å². The lowest BCUT2D eigenvalue weighted by Crippen LogP contribution is -2.22. The number of ether oxygens (including phenoxy) is 1. The quantitative estimate of drug-likeness (QED) is 0.805. The highest BCUT2D eigenvalue weighted by molar-refractivity contribution is 6.31. The summed E-state index contributed by atoms with van der Waals surface area (Å²) < 4.78 is 4.41. The number of rotatable bonds is 4. The van der Waals surface area contributed by atoms with Crippen molar-refractivity contribution >= 4 is 17.6 Å². The maximum atomic E-state index is 11.0. The molecule has 0 radical (unpaired) electrons. The van der Waals surface area contributed by atoms with Gasteiger partial charge in [-0.05, 0) is 24.1 Å². The molecule has 94 valence electrons. The summed E-state index contributed by atoms with van der Waals surface area (Å²) in [5, 5.41) is 20.0. The number of benzene rings is 1. The van der Waals surface area contributed by atoms with Gasteiger partial charge < -0.3 is 14.9 Å². The first-order valence-corrected chi connectivity index (χ1v) is 5.52. The predicted octanol–water partition coefficient (Wildman–Crippen LogP) is 1.61. The zero-order valence-corrected chi connectivity index (χ0v) is 10.4. The number of carbonyl (C=O) groups is 1. The summed E-state index contributed by atoms with van der Waals surface area (Å²) in [5.74, 6) is -0.574. The number of esters is 1. The highest BCUT2D eigenvalue weighted by atomic mass is 35.5. The van der Waals surface area contributed by atoms with E-state index in [0.29, 0.717) is 10.6 Å². The van der Waals surface area contributed by atoms with Gasteiger partial charge in [0.1, 0.15) is 6.10 Å².